The second-order valence-corrected chi connectivity index (χ2v) is 10.00. The zero-order valence-electron chi connectivity index (χ0n) is 18.0. The molecule has 1 unspecified atom stereocenters. The monoisotopic (exact) mass is 436 g/mol. The van der Waals surface area contributed by atoms with Crippen molar-refractivity contribution in [2.75, 3.05) is 7.05 Å². The fraction of sp³-hybridized carbons (Fsp3) is 0.333. The van der Waals surface area contributed by atoms with Crippen LogP contribution in [0.25, 0.3) is 0 Å². The molecule has 0 spiro atoms. The number of rotatable bonds is 3. The highest BCUT2D eigenvalue weighted by Gasteiger charge is 2.47. The third-order valence-corrected chi connectivity index (χ3v) is 6.86. The molecule has 2 heterocycles. The van der Waals surface area contributed by atoms with Crippen molar-refractivity contribution in [3.05, 3.63) is 59.2 Å². The van der Waals surface area contributed by atoms with Crippen LogP contribution in [0.4, 0.5) is 0 Å². The summed E-state index contributed by atoms with van der Waals surface area (Å²) in [6, 6.07) is 12.4. The maximum atomic E-state index is 13.3. The lowest BCUT2D eigenvalue weighted by molar-refractivity contribution is -0.149. The summed E-state index contributed by atoms with van der Waals surface area (Å²) in [5.41, 5.74) is 1.88. The molecule has 2 aliphatic heterocycles. The predicted octanol–water partition coefficient (Wildman–Crippen LogP) is 3.88. The van der Waals surface area contributed by atoms with Gasteiger partial charge in [-0.05, 0) is 41.7 Å². The van der Waals surface area contributed by atoms with Gasteiger partial charge in [-0.3, -0.25) is 29.0 Å². The standard InChI is InChI=1S/C24H24N2O4S/c1-24(2,3)14-8-10-15(11-9-14)31-18-7-5-6-16-20(18)23(30)26(21(16)28)17-12-13-19(27)25(4)22(17)29/h5-11,17H,12-13H2,1-4H3. The van der Waals surface area contributed by atoms with E-state index in [9.17, 15) is 19.2 Å². The van der Waals surface area contributed by atoms with Gasteiger partial charge in [0.25, 0.3) is 17.7 Å². The number of fused-ring (bicyclic) bond motifs is 1. The summed E-state index contributed by atoms with van der Waals surface area (Å²) in [5.74, 6) is -1.77. The molecule has 0 aromatic heterocycles. The SMILES string of the molecule is CN1C(=O)CCC(N2C(=O)c3cccc(Sc4ccc(C(C)(C)C)cc4)c3C2=O)C1=O. The molecule has 4 rings (SSSR count). The van der Waals surface area contributed by atoms with E-state index in [1.807, 2.05) is 18.2 Å². The summed E-state index contributed by atoms with van der Waals surface area (Å²) in [6.07, 6.45) is 0.284. The predicted molar refractivity (Wildman–Crippen MR) is 117 cm³/mol. The van der Waals surface area contributed by atoms with Gasteiger partial charge in [0.2, 0.25) is 5.91 Å². The fourth-order valence-corrected chi connectivity index (χ4v) is 4.90. The zero-order valence-corrected chi connectivity index (χ0v) is 18.8. The molecule has 1 saturated heterocycles. The molecular weight excluding hydrogens is 412 g/mol. The number of amides is 4. The molecule has 2 aromatic rings. The topological polar surface area (TPSA) is 74.8 Å². The van der Waals surface area contributed by atoms with Gasteiger partial charge in [0.15, 0.2) is 0 Å². The van der Waals surface area contributed by atoms with E-state index in [2.05, 4.69) is 32.9 Å². The minimum absolute atomic E-state index is 0.0428. The number of piperidine rings is 1. The average molecular weight is 437 g/mol. The molecule has 6 nitrogen and oxygen atoms in total. The Kier molecular flexibility index (Phi) is 5.25. The second-order valence-electron chi connectivity index (χ2n) is 8.88. The number of carbonyl (C=O) groups is 4. The van der Waals surface area contributed by atoms with Crippen molar-refractivity contribution in [1.82, 2.24) is 9.80 Å². The minimum Gasteiger partial charge on any atom is -0.284 e. The molecule has 0 bridgehead atoms. The number of benzene rings is 2. The van der Waals surface area contributed by atoms with E-state index >= 15 is 0 Å². The smallest absolute Gasteiger partial charge is 0.263 e. The van der Waals surface area contributed by atoms with Crippen LogP contribution in [0, 0.1) is 0 Å². The first-order valence-corrected chi connectivity index (χ1v) is 11.0. The van der Waals surface area contributed by atoms with Crippen molar-refractivity contribution < 1.29 is 19.2 Å². The Hall–Kier alpha value is -2.93. The van der Waals surface area contributed by atoms with Crippen molar-refractivity contribution in [3.63, 3.8) is 0 Å². The first-order valence-electron chi connectivity index (χ1n) is 10.2. The fourth-order valence-electron chi connectivity index (χ4n) is 3.93. The summed E-state index contributed by atoms with van der Waals surface area (Å²) in [7, 11) is 1.39. The summed E-state index contributed by atoms with van der Waals surface area (Å²) in [6.45, 7) is 6.45. The zero-order chi connectivity index (χ0) is 22.5. The molecule has 0 saturated carbocycles. The van der Waals surface area contributed by atoms with E-state index in [1.54, 1.807) is 12.1 Å². The Bertz CT molecular complexity index is 1100. The van der Waals surface area contributed by atoms with Gasteiger partial charge in [-0.1, -0.05) is 50.7 Å². The lowest BCUT2D eigenvalue weighted by Gasteiger charge is -2.32. The van der Waals surface area contributed by atoms with Gasteiger partial charge in [0.1, 0.15) is 6.04 Å². The lowest BCUT2D eigenvalue weighted by Crippen LogP contribution is -2.54. The van der Waals surface area contributed by atoms with Crippen LogP contribution in [0.15, 0.2) is 52.3 Å². The summed E-state index contributed by atoms with van der Waals surface area (Å²) in [5, 5.41) is 0. The van der Waals surface area contributed by atoms with E-state index in [4.69, 9.17) is 0 Å². The third kappa shape index (κ3) is 3.67. The Morgan fingerprint density at radius 1 is 0.935 bits per heavy atom. The first kappa shape index (κ1) is 21.3. The molecule has 1 atom stereocenters. The van der Waals surface area contributed by atoms with Crippen LogP contribution in [-0.2, 0) is 15.0 Å². The van der Waals surface area contributed by atoms with Crippen LogP contribution in [0.3, 0.4) is 0 Å². The quantitative estimate of drug-likeness (QED) is 0.683. The molecule has 2 aromatic carbocycles. The van der Waals surface area contributed by atoms with E-state index in [-0.39, 0.29) is 24.2 Å². The van der Waals surface area contributed by atoms with Gasteiger partial charge in [-0.15, -0.1) is 0 Å². The number of imide groups is 2. The number of hydrogen-bond acceptors (Lipinski definition) is 5. The third-order valence-electron chi connectivity index (χ3n) is 5.79. The molecule has 0 aliphatic carbocycles. The van der Waals surface area contributed by atoms with Crippen LogP contribution in [0.2, 0.25) is 0 Å². The molecule has 160 valence electrons. The lowest BCUT2D eigenvalue weighted by atomic mass is 9.87. The molecule has 0 radical (unpaired) electrons. The van der Waals surface area contributed by atoms with Crippen molar-refractivity contribution in [3.8, 4) is 0 Å². The molecule has 4 amide bonds. The molecule has 2 aliphatic rings. The Morgan fingerprint density at radius 3 is 2.26 bits per heavy atom. The summed E-state index contributed by atoms with van der Waals surface area (Å²) >= 11 is 1.42. The second kappa shape index (κ2) is 7.64. The Morgan fingerprint density at radius 2 is 1.61 bits per heavy atom. The summed E-state index contributed by atoms with van der Waals surface area (Å²) < 4.78 is 0. The van der Waals surface area contributed by atoms with Crippen LogP contribution >= 0.6 is 11.8 Å². The van der Waals surface area contributed by atoms with E-state index in [1.165, 1.54) is 24.4 Å². The van der Waals surface area contributed by atoms with E-state index in [0.717, 1.165) is 14.7 Å². The highest BCUT2D eigenvalue weighted by molar-refractivity contribution is 7.99. The minimum atomic E-state index is -0.945. The van der Waals surface area contributed by atoms with Gasteiger partial charge in [-0.2, -0.15) is 0 Å². The number of hydrogen-bond donors (Lipinski definition) is 0. The van der Waals surface area contributed by atoms with Crippen molar-refractivity contribution in [2.24, 2.45) is 0 Å². The number of likely N-dealkylation sites (N-methyl/N-ethyl adjacent to an activating group) is 1. The molecule has 1 fully saturated rings. The molecular formula is C24H24N2O4S. The van der Waals surface area contributed by atoms with Crippen LogP contribution < -0.4 is 0 Å². The number of nitrogens with zero attached hydrogens (tertiary/aromatic N) is 2. The van der Waals surface area contributed by atoms with Gasteiger partial charge < -0.3 is 0 Å². The van der Waals surface area contributed by atoms with Crippen LogP contribution in [-0.4, -0.2) is 46.5 Å². The van der Waals surface area contributed by atoms with Crippen molar-refractivity contribution in [2.45, 2.75) is 54.9 Å². The van der Waals surface area contributed by atoms with Crippen LogP contribution in [0.5, 0.6) is 0 Å². The Balaban J connectivity index is 1.64. The Labute approximate surface area is 185 Å². The first-order chi connectivity index (χ1) is 14.6. The van der Waals surface area contributed by atoms with Gasteiger partial charge >= 0.3 is 0 Å². The number of likely N-dealkylation sites (tertiary alicyclic amines) is 1. The maximum absolute atomic E-state index is 13.3. The van der Waals surface area contributed by atoms with Crippen molar-refractivity contribution in [1.29, 1.82) is 0 Å². The largest absolute Gasteiger partial charge is 0.284 e. The average Bonchev–Trinajstić information content (AvgIpc) is 2.98. The summed E-state index contributed by atoms with van der Waals surface area (Å²) in [4.78, 5) is 54.4. The maximum Gasteiger partial charge on any atom is 0.263 e. The highest BCUT2D eigenvalue weighted by Crippen LogP contribution is 2.38. The van der Waals surface area contributed by atoms with E-state index < -0.39 is 23.8 Å². The van der Waals surface area contributed by atoms with Gasteiger partial charge in [0, 0.05) is 23.3 Å². The number of carbonyl (C=O) groups excluding carboxylic acids is 4. The van der Waals surface area contributed by atoms with Crippen LogP contribution in [0.1, 0.15) is 59.9 Å². The molecule has 0 N–H and O–H groups in total. The van der Waals surface area contributed by atoms with Crippen molar-refractivity contribution >= 4 is 35.4 Å². The molecule has 31 heavy (non-hydrogen) atoms. The molecule has 7 heteroatoms. The normalized spacial score (nSPS) is 19.3. The van der Waals surface area contributed by atoms with Gasteiger partial charge in [-0.25, -0.2) is 0 Å². The van der Waals surface area contributed by atoms with Gasteiger partial charge in [0.05, 0.1) is 11.1 Å². The van der Waals surface area contributed by atoms with E-state index in [0.29, 0.717) is 16.0 Å². The highest BCUT2D eigenvalue weighted by atomic mass is 32.2.